The second-order valence-electron chi connectivity index (χ2n) is 5.70. The van der Waals surface area contributed by atoms with Crippen molar-refractivity contribution in [3.05, 3.63) is 16.4 Å². The zero-order valence-electron chi connectivity index (χ0n) is 12.9. The van der Waals surface area contributed by atoms with Crippen LogP contribution in [0.3, 0.4) is 0 Å². The topological polar surface area (TPSA) is 73.5 Å². The Kier molecular flexibility index (Phi) is 4.64. The Balaban J connectivity index is 2.61. The van der Waals surface area contributed by atoms with Crippen LogP contribution in [0.4, 0.5) is 17.6 Å². The van der Waals surface area contributed by atoms with Crippen LogP contribution in [0.1, 0.15) is 44.9 Å². The number of rotatable bonds is 4. The third-order valence-electron chi connectivity index (χ3n) is 3.37. The number of hydrogen-bond acceptors (Lipinski definition) is 5. The van der Waals surface area contributed by atoms with E-state index in [0.29, 0.717) is 4.68 Å². The highest BCUT2D eigenvalue weighted by Gasteiger charge is 2.57. The molecular formula is C12H14ClF4N3O3S. The summed E-state index contributed by atoms with van der Waals surface area (Å²) in [5.41, 5.74) is -3.87. The lowest BCUT2D eigenvalue weighted by Gasteiger charge is -2.18. The first kappa shape index (κ1) is 19.0. The maximum Gasteiger partial charge on any atom is 0.381 e. The lowest BCUT2D eigenvalue weighted by atomic mass is 10.1. The molecule has 0 saturated heterocycles. The van der Waals surface area contributed by atoms with Gasteiger partial charge in [0.1, 0.15) is 16.9 Å². The fraction of sp³-hybridized carbons (Fsp3) is 0.667. The van der Waals surface area contributed by atoms with E-state index in [1.54, 1.807) is 0 Å². The Bertz CT molecular complexity index is 790. The Labute approximate surface area is 140 Å². The molecule has 0 amide bonds. The second kappa shape index (κ2) is 5.87. The molecule has 0 radical (unpaired) electrons. The first-order valence-corrected chi connectivity index (χ1v) is 8.63. The monoisotopic (exact) mass is 391 g/mol. The van der Waals surface area contributed by atoms with Gasteiger partial charge in [0.15, 0.2) is 10.2 Å². The van der Waals surface area contributed by atoms with Gasteiger partial charge in [-0.15, -0.1) is 0 Å². The normalized spacial score (nSPS) is 18.0. The summed E-state index contributed by atoms with van der Waals surface area (Å²) in [6, 6.07) is 0. The lowest BCUT2D eigenvalue weighted by molar-refractivity contribution is 0.0123. The second-order valence-corrected chi connectivity index (χ2v) is 8.05. The molecule has 0 aromatic carbocycles. The van der Waals surface area contributed by atoms with Crippen LogP contribution in [-0.2, 0) is 26.5 Å². The summed E-state index contributed by atoms with van der Waals surface area (Å²) < 4.78 is 80.8. The number of oxime groups is 1. The fourth-order valence-electron chi connectivity index (χ4n) is 2.21. The molecule has 0 unspecified atom stereocenters. The largest absolute Gasteiger partial charge is 0.389 e. The number of halogens is 5. The minimum absolute atomic E-state index is 0.188. The summed E-state index contributed by atoms with van der Waals surface area (Å²) in [5.74, 6) is 0. The van der Waals surface area contributed by atoms with E-state index >= 15 is 0 Å². The summed E-state index contributed by atoms with van der Waals surface area (Å²) >= 11 is 5.55. The van der Waals surface area contributed by atoms with Gasteiger partial charge in [0.25, 0.3) is 16.3 Å². The zero-order valence-corrected chi connectivity index (χ0v) is 14.4. The van der Waals surface area contributed by atoms with Crippen LogP contribution in [0.5, 0.6) is 0 Å². The van der Waals surface area contributed by atoms with Crippen molar-refractivity contribution in [3.63, 3.8) is 0 Å². The molecule has 0 N–H and O–H groups in total. The van der Waals surface area contributed by atoms with Crippen LogP contribution in [-0.4, -0.2) is 28.8 Å². The van der Waals surface area contributed by atoms with Crippen LogP contribution >= 0.6 is 11.6 Å². The lowest BCUT2D eigenvalue weighted by Crippen LogP contribution is -2.34. The average Bonchev–Trinajstić information content (AvgIpc) is 2.98. The van der Waals surface area contributed by atoms with Crippen molar-refractivity contribution >= 4 is 26.5 Å². The van der Waals surface area contributed by atoms with Gasteiger partial charge >= 0.3 is 5.25 Å². The van der Waals surface area contributed by atoms with Crippen molar-refractivity contribution in [2.24, 2.45) is 5.16 Å². The van der Waals surface area contributed by atoms with Gasteiger partial charge in [-0.25, -0.2) is 17.2 Å². The van der Waals surface area contributed by atoms with Crippen molar-refractivity contribution in [2.45, 2.75) is 51.0 Å². The zero-order chi connectivity index (χ0) is 18.5. The van der Waals surface area contributed by atoms with Gasteiger partial charge in [0.05, 0.1) is 0 Å². The van der Waals surface area contributed by atoms with Crippen LogP contribution in [0.2, 0.25) is 5.15 Å². The Morgan fingerprint density at radius 2 is 2.00 bits per heavy atom. The van der Waals surface area contributed by atoms with Crippen LogP contribution in [0.15, 0.2) is 5.16 Å². The highest BCUT2D eigenvalue weighted by molar-refractivity contribution is 8.06. The first-order valence-electron chi connectivity index (χ1n) is 6.77. The van der Waals surface area contributed by atoms with E-state index in [-0.39, 0.29) is 6.54 Å². The smallest absolute Gasteiger partial charge is 0.381 e. The van der Waals surface area contributed by atoms with Crippen LogP contribution in [0.25, 0.3) is 0 Å². The van der Waals surface area contributed by atoms with Gasteiger partial charge in [0, 0.05) is 13.0 Å². The summed E-state index contributed by atoms with van der Waals surface area (Å²) in [6.07, 6.45) is -3.81. The molecule has 0 fully saturated rings. The quantitative estimate of drug-likeness (QED) is 0.737. The standard InChI is InChI=1S/C12H14ClF4N3O3S/c1-4-20-8(10(14)15)7(9(13)18-20)12(16,17)24(21,22)6-5-11(2,3)23-19-6/h10H,4-5H2,1-3H3. The van der Waals surface area contributed by atoms with E-state index in [0.717, 1.165) is 0 Å². The molecule has 136 valence electrons. The molecule has 1 aliphatic rings. The molecule has 24 heavy (non-hydrogen) atoms. The van der Waals surface area contributed by atoms with Gasteiger partial charge < -0.3 is 4.84 Å². The van der Waals surface area contributed by atoms with Gasteiger partial charge in [-0.1, -0.05) is 16.8 Å². The Hall–Kier alpha value is -1.36. The van der Waals surface area contributed by atoms with E-state index in [4.69, 9.17) is 16.4 Å². The van der Waals surface area contributed by atoms with E-state index in [1.807, 2.05) is 0 Å². The Morgan fingerprint density at radius 3 is 2.42 bits per heavy atom. The molecule has 2 rings (SSSR count). The van der Waals surface area contributed by atoms with Crippen molar-refractivity contribution in [2.75, 3.05) is 0 Å². The van der Waals surface area contributed by atoms with Gasteiger partial charge in [0.2, 0.25) is 0 Å². The molecule has 1 aliphatic heterocycles. The van der Waals surface area contributed by atoms with Crippen LogP contribution < -0.4 is 0 Å². The van der Waals surface area contributed by atoms with Crippen molar-refractivity contribution in [3.8, 4) is 0 Å². The molecule has 0 bridgehead atoms. The molecule has 0 saturated carbocycles. The maximum absolute atomic E-state index is 14.7. The van der Waals surface area contributed by atoms with Crippen molar-refractivity contribution < 1.29 is 30.8 Å². The number of hydrogen-bond donors (Lipinski definition) is 0. The molecule has 2 heterocycles. The summed E-state index contributed by atoms with van der Waals surface area (Å²) in [4.78, 5) is 4.78. The minimum atomic E-state index is -5.42. The number of sulfone groups is 1. The number of nitrogens with zero attached hydrogens (tertiary/aromatic N) is 3. The highest BCUT2D eigenvalue weighted by atomic mass is 35.5. The molecular weight excluding hydrogens is 378 g/mol. The summed E-state index contributed by atoms with van der Waals surface area (Å²) in [7, 11) is -5.42. The number of alkyl halides is 4. The van der Waals surface area contributed by atoms with E-state index < -0.39 is 55.0 Å². The predicted octanol–water partition coefficient (Wildman–Crippen LogP) is 3.47. The van der Waals surface area contributed by atoms with Gasteiger partial charge in [-0.2, -0.15) is 13.9 Å². The first-order chi connectivity index (χ1) is 10.8. The molecule has 12 heteroatoms. The molecule has 0 aliphatic carbocycles. The summed E-state index contributed by atoms with van der Waals surface area (Å²) in [6.45, 7) is 4.09. The molecule has 6 nitrogen and oxygen atoms in total. The van der Waals surface area contributed by atoms with E-state index in [1.165, 1.54) is 20.8 Å². The third kappa shape index (κ3) is 2.87. The maximum atomic E-state index is 14.7. The molecule has 0 spiro atoms. The van der Waals surface area contributed by atoms with Crippen LogP contribution in [0, 0.1) is 0 Å². The summed E-state index contributed by atoms with van der Waals surface area (Å²) in [5, 5.41) is -0.117. The molecule has 0 atom stereocenters. The van der Waals surface area contributed by atoms with Gasteiger partial charge in [-0.05, 0) is 20.8 Å². The minimum Gasteiger partial charge on any atom is -0.389 e. The molecule has 1 aromatic heterocycles. The molecule has 1 aromatic rings. The fourth-order valence-corrected chi connectivity index (χ4v) is 4.01. The van der Waals surface area contributed by atoms with E-state index in [2.05, 4.69) is 10.3 Å². The van der Waals surface area contributed by atoms with Crippen molar-refractivity contribution in [1.29, 1.82) is 0 Å². The third-order valence-corrected chi connectivity index (χ3v) is 5.35. The predicted molar refractivity (Wildman–Crippen MR) is 77.9 cm³/mol. The highest BCUT2D eigenvalue weighted by Crippen LogP contribution is 2.45. The van der Waals surface area contributed by atoms with E-state index in [9.17, 15) is 26.0 Å². The van der Waals surface area contributed by atoms with Crippen molar-refractivity contribution in [1.82, 2.24) is 9.78 Å². The number of aryl methyl sites for hydroxylation is 1. The number of aromatic nitrogens is 2. The average molecular weight is 392 g/mol. The SMILES string of the molecule is CCn1nc(Cl)c(C(F)(F)S(=O)(=O)C2=NOC(C)(C)C2)c1C(F)F. The Morgan fingerprint density at radius 1 is 1.42 bits per heavy atom. The van der Waals surface area contributed by atoms with Gasteiger partial charge in [-0.3, -0.25) is 4.68 Å².